The third-order valence-electron chi connectivity index (χ3n) is 3.82. The van der Waals surface area contributed by atoms with Gasteiger partial charge in [-0.25, -0.2) is 4.79 Å². The van der Waals surface area contributed by atoms with Crippen molar-refractivity contribution in [3.8, 4) is 0 Å². The van der Waals surface area contributed by atoms with E-state index in [2.05, 4.69) is 36.4 Å². The van der Waals surface area contributed by atoms with E-state index in [-0.39, 0.29) is 18.0 Å². The maximum absolute atomic E-state index is 12.0. The van der Waals surface area contributed by atoms with E-state index >= 15 is 0 Å². The first-order valence-corrected chi connectivity index (χ1v) is 7.20. The topological polar surface area (TPSA) is 91.3 Å². The van der Waals surface area contributed by atoms with Gasteiger partial charge in [0.1, 0.15) is 0 Å². The Bertz CT molecular complexity index is 473. The molecule has 0 radical (unpaired) electrons. The number of hydrogen-bond donors (Lipinski definition) is 3. The molecule has 2 amide bonds. The zero-order chi connectivity index (χ0) is 15.9. The van der Waals surface area contributed by atoms with Gasteiger partial charge in [0.2, 0.25) is 0 Å². The van der Waals surface area contributed by atoms with Crippen LogP contribution in [0.5, 0.6) is 0 Å². The Morgan fingerprint density at radius 1 is 1.19 bits per heavy atom. The second kappa shape index (κ2) is 7.61. The second-order valence-electron chi connectivity index (χ2n) is 5.03. The van der Waals surface area contributed by atoms with E-state index in [0.29, 0.717) is 11.4 Å². The Kier molecular flexibility index (Phi) is 6.14. The molecule has 116 valence electrons. The molecule has 0 aliphatic rings. The maximum atomic E-state index is 12.0. The summed E-state index contributed by atoms with van der Waals surface area (Å²) in [4.78, 5) is 26.6. The van der Waals surface area contributed by atoms with E-state index in [1.165, 1.54) is 6.20 Å². The third kappa shape index (κ3) is 5.06. The Balaban J connectivity index is 2.64. The molecule has 0 bridgehead atoms. The molecule has 0 aliphatic heterocycles. The zero-order valence-corrected chi connectivity index (χ0v) is 12.8. The van der Waals surface area contributed by atoms with Crippen LogP contribution in [0.2, 0.25) is 0 Å². The number of aromatic nitrogens is 1. The molecule has 0 unspecified atom stereocenters. The maximum Gasteiger partial charge on any atom is 0.319 e. The Morgan fingerprint density at radius 2 is 1.81 bits per heavy atom. The number of aliphatic carboxylic acids is 1. The Labute approximate surface area is 125 Å². The average Bonchev–Trinajstić information content (AvgIpc) is 2.46. The van der Waals surface area contributed by atoms with Gasteiger partial charge in [0.25, 0.3) is 0 Å². The highest BCUT2D eigenvalue weighted by molar-refractivity contribution is 5.89. The van der Waals surface area contributed by atoms with Crippen LogP contribution in [0.25, 0.3) is 0 Å². The molecule has 6 nitrogen and oxygen atoms in total. The molecule has 1 aromatic heterocycles. The number of carbonyl (C=O) groups excluding carboxylic acids is 1. The summed E-state index contributed by atoms with van der Waals surface area (Å²) in [5, 5.41) is 14.4. The van der Waals surface area contributed by atoms with Crippen molar-refractivity contribution in [2.75, 3.05) is 5.32 Å². The number of urea groups is 1. The largest absolute Gasteiger partial charge is 0.481 e. The Morgan fingerprint density at radius 3 is 2.24 bits per heavy atom. The number of nitrogens with zero attached hydrogens (tertiary/aromatic N) is 1. The molecule has 3 N–H and O–H groups in total. The van der Waals surface area contributed by atoms with Gasteiger partial charge in [0.05, 0.1) is 24.0 Å². The number of carbonyl (C=O) groups is 2. The van der Waals surface area contributed by atoms with E-state index in [9.17, 15) is 9.59 Å². The highest BCUT2D eigenvalue weighted by Gasteiger charge is 2.25. The van der Waals surface area contributed by atoms with Crippen molar-refractivity contribution < 1.29 is 14.7 Å². The number of rotatable bonds is 7. The minimum Gasteiger partial charge on any atom is -0.481 e. The van der Waals surface area contributed by atoms with Gasteiger partial charge in [-0.05, 0) is 31.4 Å². The summed E-state index contributed by atoms with van der Waals surface area (Å²) in [6.45, 7) is 6.15. The van der Waals surface area contributed by atoms with Crippen LogP contribution in [0.1, 0.15) is 45.7 Å². The molecule has 0 atom stereocenters. The summed E-state index contributed by atoms with van der Waals surface area (Å²) in [5.74, 6) is -0.931. The van der Waals surface area contributed by atoms with Crippen LogP contribution in [-0.2, 0) is 11.2 Å². The van der Waals surface area contributed by atoms with Crippen molar-refractivity contribution in [1.29, 1.82) is 0 Å². The summed E-state index contributed by atoms with van der Waals surface area (Å²) < 4.78 is 0. The van der Waals surface area contributed by atoms with Crippen LogP contribution >= 0.6 is 0 Å². The van der Waals surface area contributed by atoms with Crippen molar-refractivity contribution >= 4 is 17.7 Å². The lowest BCUT2D eigenvalue weighted by atomic mass is 9.90. The molecule has 0 spiro atoms. The molecule has 6 heteroatoms. The van der Waals surface area contributed by atoms with E-state index in [1.54, 1.807) is 12.1 Å². The first-order chi connectivity index (χ1) is 9.94. The molecule has 21 heavy (non-hydrogen) atoms. The molecular formula is C15H23N3O3. The van der Waals surface area contributed by atoms with Crippen LogP contribution in [0.15, 0.2) is 18.3 Å². The number of hydrogen-bond acceptors (Lipinski definition) is 3. The SMILES string of the molecule is CCC(CC)(CC)NC(=O)Nc1ccc(CC(=O)O)nc1. The van der Waals surface area contributed by atoms with Crippen molar-refractivity contribution in [3.05, 3.63) is 24.0 Å². The molecule has 0 aliphatic carbocycles. The van der Waals surface area contributed by atoms with Crippen LogP contribution in [-0.4, -0.2) is 27.6 Å². The fourth-order valence-corrected chi connectivity index (χ4v) is 2.18. The Hall–Kier alpha value is -2.11. The van der Waals surface area contributed by atoms with Crippen LogP contribution in [0, 0.1) is 0 Å². The van der Waals surface area contributed by atoms with Crippen LogP contribution in [0.4, 0.5) is 10.5 Å². The highest BCUT2D eigenvalue weighted by Crippen LogP contribution is 2.19. The minimum atomic E-state index is -0.931. The van der Waals surface area contributed by atoms with E-state index < -0.39 is 5.97 Å². The van der Waals surface area contributed by atoms with Gasteiger partial charge >= 0.3 is 12.0 Å². The molecule has 0 fully saturated rings. The van der Waals surface area contributed by atoms with E-state index in [0.717, 1.165) is 19.3 Å². The van der Waals surface area contributed by atoms with Gasteiger partial charge in [-0.2, -0.15) is 0 Å². The van der Waals surface area contributed by atoms with E-state index in [1.807, 2.05) is 0 Å². The lowest BCUT2D eigenvalue weighted by Gasteiger charge is -2.31. The molecule has 1 heterocycles. The lowest BCUT2D eigenvalue weighted by Crippen LogP contribution is -2.48. The van der Waals surface area contributed by atoms with Gasteiger partial charge in [-0.1, -0.05) is 20.8 Å². The average molecular weight is 293 g/mol. The summed E-state index contributed by atoms with van der Waals surface area (Å²) >= 11 is 0. The van der Waals surface area contributed by atoms with Crippen LogP contribution < -0.4 is 10.6 Å². The number of anilines is 1. The number of carboxylic acid groups (broad SMARTS) is 1. The predicted octanol–water partition coefficient (Wildman–Crippen LogP) is 2.80. The molecule has 1 rings (SSSR count). The fourth-order valence-electron chi connectivity index (χ4n) is 2.18. The van der Waals surface area contributed by atoms with Gasteiger partial charge in [0, 0.05) is 5.54 Å². The molecule has 0 saturated heterocycles. The van der Waals surface area contributed by atoms with E-state index in [4.69, 9.17) is 5.11 Å². The van der Waals surface area contributed by atoms with Crippen molar-refractivity contribution in [2.45, 2.75) is 52.0 Å². The molecule has 0 saturated carbocycles. The van der Waals surface area contributed by atoms with Gasteiger partial charge in [-0.3, -0.25) is 9.78 Å². The first-order valence-electron chi connectivity index (χ1n) is 7.20. The number of pyridine rings is 1. The summed E-state index contributed by atoms with van der Waals surface area (Å²) in [7, 11) is 0. The fraction of sp³-hybridized carbons (Fsp3) is 0.533. The molecule has 0 aromatic carbocycles. The van der Waals surface area contributed by atoms with Crippen molar-refractivity contribution in [1.82, 2.24) is 10.3 Å². The smallest absolute Gasteiger partial charge is 0.319 e. The summed E-state index contributed by atoms with van der Waals surface area (Å²) in [6.07, 6.45) is 3.93. The second-order valence-corrected chi connectivity index (χ2v) is 5.03. The number of nitrogens with one attached hydrogen (secondary N) is 2. The number of amides is 2. The predicted molar refractivity (Wildman–Crippen MR) is 81.3 cm³/mol. The van der Waals surface area contributed by atoms with Crippen molar-refractivity contribution in [2.24, 2.45) is 0 Å². The quantitative estimate of drug-likeness (QED) is 0.721. The molecular weight excluding hydrogens is 270 g/mol. The van der Waals surface area contributed by atoms with Crippen LogP contribution in [0.3, 0.4) is 0 Å². The van der Waals surface area contributed by atoms with Gasteiger partial charge < -0.3 is 15.7 Å². The van der Waals surface area contributed by atoms with Crippen molar-refractivity contribution in [3.63, 3.8) is 0 Å². The minimum absolute atomic E-state index is 0.128. The van der Waals surface area contributed by atoms with Gasteiger partial charge in [-0.15, -0.1) is 0 Å². The first kappa shape index (κ1) is 16.9. The normalized spacial score (nSPS) is 11.0. The summed E-state index contributed by atoms with van der Waals surface area (Å²) in [6, 6.07) is 2.97. The zero-order valence-electron chi connectivity index (χ0n) is 12.8. The third-order valence-corrected chi connectivity index (χ3v) is 3.82. The van der Waals surface area contributed by atoms with Gasteiger partial charge in [0.15, 0.2) is 0 Å². The standard InChI is InChI=1S/C15H23N3O3/c1-4-15(5-2,6-3)18-14(21)17-12-8-7-11(16-10-12)9-13(19)20/h7-8,10H,4-6,9H2,1-3H3,(H,19,20)(H2,17,18,21). The molecule has 1 aromatic rings. The number of carboxylic acids is 1. The highest BCUT2D eigenvalue weighted by atomic mass is 16.4. The summed E-state index contributed by atoms with van der Waals surface area (Å²) in [5.41, 5.74) is 0.804. The monoisotopic (exact) mass is 293 g/mol. The lowest BCUT2D eigenvalue weighted by molar-refractivity contribution is -0.136.